The molecular weight excluding hydrogens is 432 g/mol. The molecule has 0 spiro atoms. The fraction of sp³-hybridized carbons (Fsp3) is 0.211. The third-order valence-electron chi connectivity index (χ3n) is 3.88. The molecule has 9 nitrogen and oxygen atoms in total. The van der Waals surface area contributed by atoms with Crippen molar-refractivity contribution < 1.29 is 22.8 Å². The van der Waals surface area contributed by atoms with E-state index in [1.165, 1.54) is 18.2 Å². The van der Waals surface area contributed by atoms with Gasteiger partial charge in [0.15, 0.2) is 0 Å². The standard InChI is InChI=1S/C19H21ClN4O5S/c20-15-2-1-3-16(10-15)30(28,29)24-9-8-18(26)22-11-13-4-6-14(7-5-13)19(27)23-12-17(21)25/h1-7,10,24H,8-9,11-12H2,(H2,21,25)(H,22,26)(H,23,27). The zero-order valence-electron chi connectivity index (χ0n) is 15.9. The highest BCUT2D eigenvalue weighted by molar-refractivity contribution is 7.89. The van der Waals surface area contributed by atoms with Crippen LogP contribution in [0.5, 0.6) is 0 Å². The van der Waals surface area contributed by atoms with Crippen molar-refractivity contribution >= 4 is 39.3 Å². The van der Waals surface area contributed by atoms with E-state index in [0.29, 0.717) is 10.6 Å². The van der Waals surface area contributed by atoms with E-state index in [9.17, 15) is 22.8 Å². The number of carbonyl (C=O) groups excluding carboxylic acids is 3. The van der Waals surface area contributed by atoms with Gasteiger partial charge in [-0.25, -0.2) is 13.1 Å². The lowest BCUT2D eigenvalue weighted by Crippen LogP contribution is -2.33. The van der Waals surface area contributed by atoms with Crippen LogP contribution in [-0.2, 0) is 26.2 Å². The molecule has 0 aromatic heterocycles. The Hall–Kier alpha value is -2.95. The number of halogens is 1. The molecule has 5 N–H and O–H groups in total. The number of nitrogens with one attached hydrogen (secondary N) is 3. The summed E-state index contributed by atoms with van der Waals surface area (Å²) in [5, 5.41) is 5.34. The Balaban J connectivity index is 1.76. The van der Waals surface area contributed by atoms with E-state index >= 15 is 0 Å². The first-order valence-corrected chi connectivity index (χ1v) is 10.7. The largest absolute Gasteiger partial charge is 0.368 e. The number of sulfonamides is 1. The predicted octanol–water partition coefficient (Wildman–Crippen LogP) is 0.540. The fourth-order valence-electron chi connectivity index (χ4n) is 2.35. The molecule has 0 aliphatic heterocycles. The van der Waals surface area contributed by atoms with E-state index in [0.717, 1.165) is 5.56 Å². The number of benzene rings is 2. The minimum absolute atomic E-state index is 0.0235. The molecule has 11 heteroatoms. The van der Waals surface area contributed by atoms with Gasteiger partial charge in [0, 0.05) is 30.1 Å². The first-order chi connectivity index (χ1) is 14.2. The molecule has 0 saturated carbocycles. The van der Waals surface area contributed by atoms with Gasteiger partial charge < -0.3 is 16.4 Å². The van der Waals surface area contributed by atoms with Gasteiger partial charge in [-0.15, -0.1) is 0 Å². The summed E-state index contributed by atoms with van der Waals surface area (Å²) >= 11 is 5.79. The van der Waals surface area contributed by atoms with E-state index in [-0.39, 0.29) is 36.9 Å². The molecule has 0 aliphatic carbocycles. The molecule has 2 rings (SSSR count). The Morgan fingerprint density at radius 1 is 1.00 bits per heavy atom. The second kappa shape index (κ2) is 10.7. The molecule has 0 radical (unpaired) electrons. The fourth-order valence-corrected chi connectivity index (χ4v) is 3.68. The van der Waals surface area contributed by atoms with Crippen molar-refractivity contribution in [2.24, 2.45) is 5.73 Å². The van der Waals surface area contributed by atoms with Crippen molar-refractivity contribution in [2.45, 2.75) is 17.9 Å². The summed E-state index contributed by atoms with van der Waals surface area (Å²) in [7, 11) is -3.75. The van der Waals surface area contributed by atoms with Crippen LogP contribution < -0.4 is 21.1 Å². The average molecular weight is 453 g/mol. The molecule has 0 atom stereocenters. The zero-order chi connectivity index (χ0) is 22.1. The Morgan fingerprint density at radius 2 is 1.70 bits per heavy atom. The van der Waals surface area contributed by atoms with E-state index in [4.69, 9.17) is 17.3 Å². The SMILES string of the molecule is NC(=O)CNC(=O)c1ccc(CNC(=O)CCNS(=O)(=O)c2cccc(Cl)c2)cc1. The van der Waals surface area contributed by atoms with Crippen molar-refractivity contribution in [1.82, 2.24) is 15.4 Å². The van der Waals surface area contributed by atoms with Gasteiger partial charge in [-0.05, 0) is 35.9 Å². The summed E-state index contributed by atoms with van der Waals surface area (Å²) in [5.74, 6) is -1.42. The molecule has 160 valence electrons. The first-order valence-electron chi connectivity index (χ1n) is 8.85. The van der Waals surface area contributed by atoms with Gasteiger partial charge in [-0.1, -0.05) is 29.8 Å². The predicted molar refractivity (Wildman–Crippen MR) is 111 cm³/mol. The van der Waals surface area contributed by atoms with Crippen LogP contribution in [0.2, 0.25) is 5.02 Å². The van der Waals surface area contributed by atoms with E-state index in [2.05, 4.69) is 15.4 Å². The Bertz CT molecular complexity index is 1030. The first kappa shape index (κ1) is 23.3. The summed E-state index contributed by atoms with van der Waals surface area (Å²) in [6.45, 7) is -0.111. The number of carbonyl (C=O) groups is 3. The van der Waals surface area contributed by atoms with Crippen LogP contribution in [0, 0.1) is 0 Å². The van der Waals surface area contributed by atoms with Crippen LogP contribution >= 0.6 is 11.6 Å². The lowest BCUT2D eigenvalue weighted by Gasteiger charge is -2.09. The maximum Gasteiger partial charge on any atom is 0.251 e. The Morgan fingerprint density at radius 3 is 2.33 bits per heavy atom. The van der Waals surface area contributed by atoms with Crippen LogP contribution in [-0.4, -0.2) is 39.2 Å². The molecule has 2 aromatic carbocycles. The number of hydrogen-bond donors (Lipinski definition) is 4. The quantitative estimate of drug-likeness (QED) is 0.415. The minimum Gasteiger partial charge on any atom is -0.368 e. The maximum absolute atomic E-state index is 12.2. The summed E-state index contributed by atoms with van der Waals surface area (Å²) < 4.78 is 26.7. The van der Waals surface area contributed by atoms with Crippen molar-refractivity contribution in [3.05, 3.63) is 64.7 Å². The van der Waals surface area contributed by atoms with E-state index < -0.39 is 21.8 Å². The van der Waals surface area contributed by atoms with Crippen molar-refractivity contribution in [3.8, 4) is 0 Å². The molecule has 2 aromatic rings. The van der Waals surface area contributed by atoms with Crippen molar-refractivity contribution in [2.75, 3.05) is 13.1 Å². The number of amides is 3. The van der Waals surface area contributed by atoms with Crippen LogP contribution in [0.25, 0.3) is 0 Å². The summed E-state index contributed by atoms with van der Waals surface area (Å²) in [4.78, 5) is 34.4. The minimum atomic E-state index is -3.75. The highest BCUT2D eigenvalue weighted by atomic mass is 35.5. The van der Waals surface area contributed by atoms with Crippen LogP contribution in [0.15, 0.2) is 53.4 Å². The number of nitrogens with two attached hydrogens (primary N) is 1. The summed E-state index contributed by atoms with van der Waals surface area (Å²) in [6, 6.07) is 12.2. The number of hydrogen-bond acceptors (Lipinski definition) is 5. The van der Waals surface area contributed by atoms with Gasteiger partial charge in [0.1, 0.15) is 0 Å². The second-order valence-electron chi connectivity index (χ2n) is 6.23. The van der Waals surface area contributed by atoms with Gasteiger partial charge in [0.05, 0.1) is 11.4 Å². The lowest BCUT2D eigenvalue weighted by molar-refractivity contribution is -0.121. The van der Waals surface area contributed by atoms with Crippen LogP contribution in [0.4, 0.5) is 0 Å². The number of primary amides is 1. The smallest absolute Gasteiger partial charge is 0.251 e. The molecule has 0 fully saturated rings. The molecule has 0 aliphatic rings. The molecule has 0 saturated heterocycles. The number of rotatable bonds is 10. The molecular formula is C19H21ClN4O5S. The van der Waals surface area contributed by atoms with Gasteiger partial charge in [-0.3, -0.25) is 14.4 Å². The highest BCUT2D eigenvalue weighted by Gasteiger charge is 2.14. The molecule has 0 heterocycles. The van der Waals surface area contributed by atoms with Crippen LogP contribution in [0.3, 0.4) is 0 Å². The zero-order valence-corrected chi connectivity index (χ0v) is 17.4. The monoisotopic (exact) mass is 452 g/mol. The van der Waals surface area contributed by atoms with Gasteiger partial charge in [0.25, 0.3) is 5.91 Å². The third-order valence-corrected chi connectivity index (χ3v) is 5.57. The molecule has 0 bridgehead atoms. The molecule has 30 heavy (non-hydrogen) atoms. The van der Waals surface area contributed by atoms with Gasteiger partial charge in [0.2, 0.25) is 21.8 Å². The van der Waals surface area contributed by atoms with Crippen molar-refractivity contribution in [3.63, 3.8) is 0 Å². The van der Waals surface area contributed by atoms with Gasteiger partial charge in [-0.2, -0.15) is 0 Å². The Kier molecular flexibility index (Phi) is 8.34. The van der Waals surface area contributed by atoms with E-state index in [1.54, 1.807) is 30.3 Å². The molecule has 3 amide bonds. The second-order valence-corrected chi connectivity index (χ2v) is 8.43. The average Bonchev–Trinajstić information content (AvgIpc) is 2.70. The Labute approximate surface area is 179 Å². The topological polar surface area (TPSA) is 147 Å². The van der Waals surface area contributed by atoms with E-state index in [1.807, 2.05) is 0 Å². The van der Waals surface area contributed by atoms with Gasteiger partial charge >= 0.3 is 0 Å². The summed E-state index contributed by atoms with van der Waals surface area (Å²) in [5.41, 5.74) is 6.06. The normalized spacial score (nSPS) is 11.0. The third kappa shape index (κ3) is 7.47. The van der Waals surface area contributed by atoms with Crippen molar-refractivity contribution in [1.29, 1.82) is 0 Å². The lowest BCUT2D eigenvalue weighted by atomic mass is 10.1. The highest BCUT2D eigenvalue weighted by Crippen LogP contribution is 2.15. The molecule has 0 unspecified atom stereocenters. The van der Waals surface area contributed by atoms with Crippen LogP contribution in [0.1, 0.15) is 22.3 Å². The maximum atomic E-state index is 12.2. The summed E-state index contributed by atoms with van der Waals surface area (Å²) in [6.07, 6.45) is -0.0482.